The van der Waals surface area contributed by atoms with E-state index >= 15 is 0 Å². The highest BCUT2D eigenvalue weighted by Gasteiger charge is 2.43. The number of carbonyl (C=O) groups excluding carboxylic acids is 1. The lowest BCUT2D eigenvalue weighted by atomic mass is 10.1. The number of fused-ring (bicyclic) bond motifs is 1. The van der Waals surface area contributed by atoms with E-state index in [0.29, 0.717) is 5.84 Å². The SMILES string of the molecule is O=C1NC2=NO[C@H](c3ccccc3)[C@@H]2S1. The van der Waals surface area contributed by atoms with Crippen molar-refractivity contribution in [2.45, 2.75) is 11.4 Å². The number of rotatable bonds is 1. The minimum Gasteiger partial charge on any atom is -0.384 e. The fourth-order valence-electron chi connectivity index (χ4n) is 1.70. The van der Waals surface area contributed by atoms with E-state index in [1.807, 2.05) is 30.3 Å². The lowest BCUT2D eigenvalue weighted by molar-refractivity contribution is 0.0882. The van der Waals surface area contributed by atoms with Crippen LogP contribution in [-0.4, -0.2) is 16.3 Å². The van der Waals surface area contributed by atoms with Crippen LogP contribution < -0.4 is 5.32 Å². The maximum atomic E-state index is 11.1. The average Bonchev–Trinajstić information content (AvgIpc) is 2.77. The van der Waals surface area contributed by atoms with Crippen LogP contribution in [0.5, 0.6) is 0 Å². The Morgan fingerprint density at radius 2 is 2.13 bits per heavy atom. The van der Waals surface area contributed by atoms with Crippen molar-refractivity contribution in [2.75, 3.05) is 0 Å². The molecule has 0 aromatic heterocycles. The summed E-state index contributed by atoms with van der Waals surface area (Å²) in [6.07, 6.45) is -0.148. The zero-order chi connectivity index (χ0) is 10.3. The number of oxime groups is 1. The van der Waals surface area contributed by atoms with E-state index in [9.17, 15) is 4.79 Å². The Morgan fingerprint density at radius 3 is 2.93 bits per heavy atom. The van der Waals surface area contributed by atoms with Crippen molar-refractivity contribution in [3.8, 4) is 0 Å². The first-order chi connectivity index (χ1) is 7.34. The second-order valence-electron chi connectivity index (χ2n) is 3.36. The summed E-state index contributed by atoms with van der Waals surface area (Å²) in [5.41, 5.74) is 1.05. The van der Waals surface area contributed by atoms with Crippen LogP contribution in [0.2, 0.25) is 0 Å². The van der Waals surface area contributed by atoms with Crippen LogP contribution in [0, 0.1) is 0 Å². The largest absolute Gasteiger partial charge is 0.384 e. The van der Waals surface area contributed by atoms with Gasteiger partial charge in [-0.25, -0.2) is 0 Å². The molecule has 1 saturated heterocycles. The zero-order valence-electron chi connectivity index (χ0n) is 7.71. The summed E-state index contributed by atoms with van der Waals surface area (Å²) in [6, 6.07) is 9.81. The zero-order valence-corrected chi connectivity index (χ0v) is 8.53. The molecular weight excluding hydrogens is 212 g/mol. The number of hydrogen-bond acceptors (Lipinski definition) is 4. The first-order valence-electron chi connectivity index (χ1n) is 4.61. The van der Waals surface area contributed by atoms with Crippen molar-refractivity contribution in [1.29, 1.82) is 0 Å². The number of benzene rings is 1. The highest BCUT2D eigenvalue weighted by molar-refractivity contribution is 8.15. The number of nitrogens with one attached hydrogen (secondary N) is 1. The smallest absolute Gasteiger partial charge is 0.285 e. The van der Waals surface area contributed by atoms with Gasteiger partial charge in [0.15, 0.2) is 11.9 Å². The Labute approximate surface area is 90.7 Å². The number of thioether (sulfide) groups is 1. The third kappa shape index (κ3) is 1.39. The average molecular weight is 220 g/mol. The molecule has 4 nitrogen and oxygen atoms in total. The highest BCUT2D eigenvalue weighted by Crippen LogP contribution is 2.38. The van der Waals surface area contributed by atoms with E-state index in [1.165, 1.54) is 11.8 Å². The van der Waals surface area contributed by atoms with Crippen LogP contribution in [0.3, 0.4) is 0 Å². The lowest BCUT2D eigenvalue weighted by Crippen LogP contribution is -2.23. The van der Waals surface area contributed by atoms with E-state index in [4.69, 9.17) is 4.84 Å². The molecule has 3 rings (SSSR count). The molecule has 1 amide bonds. The molecule has 5 heteroatoms. The Kier molecular flexibility index (Phi) is 1.92. The van der Waals surface area contributed by atoms with Crippen molar-refractivity contribution >= 4 is 22.8 Å². The normalized spacial score (nSPS) is 28.0. The molecule has 76 valence electrons. The number of amides is 1. The van der Waals surface area contributed by atoms with Crippen LogP contribution in [0.15, 0.2) is 35.5 Å². The number of amidine groups is 1. The third-order valence-electron chi connectivity index (χ3n) is 2.40. The second-order valence-corrected chi connectivity index (χ2v) is 4.48. The van der Waals surface area contributed by atoms with Crippen LogP contribution in [0.1, 0.15) is 11.7 Å². The standard InChI is InChI=1S/C10H8N2O2S/c13-10-11-9-8(15-10)7(14-12-9)6-4-2-1-3-5-6/h1-5,7-8H,(H,11,12,13)/t7-,8+/m1/s1. The Hall–Kier alpha value is -1.49. The summed E-state index contributed by atoms with van der Waals surface area (Å²) in [5.74, 6) is 0.638. The van der Waals surface area contributed by atoms with E-state index in [2.05, 4.69) is 10.5 Å². The van der Waals surface area contributed by atoms with Crippen molar-refractivity contribution in [2.24, 2.45) is 5.16 Å². The van der Waals surface area contributed by atoms with Gasteiger partial charge >= 0.3 is 0 Å². The van der Waals surface area contributed by atoms with E-state index < -0.39 is 0 Å². The molecule has 2 atom stereocenters. The van der Waals surface area contributed by atoms with Crippen molar-refractivity contribution in [1.82, 2.24) is 5.32 Å². The van der Waals surface area contributed by atoms with Crippen molar-refractivity contribution < 1.29 is 9.63 Å². The third-order valence-corrected chi connectivity index (χ3v) is 3.44. The number of nitrogens with zero attached hydrogens (tertiary/aromatic N) is 1. The molecule has 1 aromatic carbocycles. The summed E-state index contributed by atoms with van der Waals surface area (Å²) in [7, 11) is 0. The molecule has 0 bridgehead atoms. The molecule has 0 saturated carbocycles. The topological polar surface area (TPSA) is 50.7 Å². The fourth-order valence-corrected chi connectivity index (χ4v) is 2.64. The number of hydrogen-bond donors (Lipinski definition) is 1. The Bertz CT molecular complexity index is 432. The van der Waals surface area contributed by atoms with Crippen LogP contribution in [0.25, 0.3) is 0 Å². The van der Waals surface area contributed by atoms with Gasteiger partial charge in [-0.2, -0.15) is 0 Å². The quantitative estimate of drug-likeness (QED) is 0.786. The molecule has 15 heavy (non-hydrogen) atoms. The van der Waals surface area contributed by atoms with Gasteiger partial charge in [-0.1, -0.05) is 35.5 Å². The van der Waals surface area contributed by atoms with Gasteiger partial charge in [0.05, 0.1) is 0 Å². The van der Waals surface area contributed by atoms with Crippen LogP contribution in [-0.2, 0) is 4.84 Å². The lowest BCUT2D eigenvalue weighted by Gasteiger charge is -2.12. The molecule has 1 aromatic rings. The van der Waals surface area contributed by atoms with Crippen molar-refractivity contribution in [3.63, 3.8) is 0 Å². The van der Waals surface area contributed by atoms with Gasteiger partial charge in [0.2, 0.25) is 0 Å². The molecule has 0 spiro atoms. The predicted molar refractivity (Wildman–Crippen MR) is 57.6 cm³/mol. The van der Waals surface area contributed by atoms with Gasteiger partial charge < -0.3 is 10.2 Å². The summed E-state index contributed by atoms with van der Waals surface area (Å²) < 4.78 is 0. The molecule has 1 N–H and O–H groups in total. The van der Waals surface area contributed by atoms with Crippen LogP contribution >= 0.6 is 11.8 Å². The number of carbonyl (C=O) groups is 1. The second kappa shape index (κ2) is 3.27. The van der Waals surface area contributed by atoms with Gasteiger partial charge in [0.25, 0.3) is 5.24 Å². The van der Waals surface area contributed by atoms with Crippen molar-refractivity contribution in [3.05, 3.63) is 35.9 Å². The summed E-state index contributed by atoms with van der Waals surface area (Å²) in [5, 5.41) is 6.47. The molecule has 2 aliphatic rings. The van der Waals surface area contributed by atoms with Gasteiger partial charge in [-0.3, -0.25) is 4.79 Å². The first kappa shape index (κ1) is 8.79. The molecule has 0 radical (unpaired) electrons. The van der Waals surface area contributed by atoms with Crippen LogP contribution in [0.4, 0.5) is 4.79 Å². The minimum absolute atomic E-state index is 0.0140. The van der Waals surface area contributed by atoms with Gasteiger partial charge in [0, 0.05) is 0 Å². The van der Waals surface area contributed by atoms with Gasteiger partial charge in [-0.15, -0.1) is 0 Å². The summed E-state index contributed by atoms with van der Waals surface area (Å²) in [4.78, 5) is 16.5. The summed E-state index contributed by atoms with van der Waals surface area (Å²) >= 11 is 1.23. The molecule has 0 unspecified atom stereocenters. The maximum absolute atomic E-state index is 11.1. The van der Waals surface area contributed by atoms with Gasteiger partial charge in [-0.05, 0) is 17.3 Å². The molecular formula is C10H8N2O2S. The van der Waals surface area contributed by atoms with E-state index in [0.717, 1.165) is 5.56 Å². The van der Waals surface area contributed by atoms with Gasteiger partial charge in [0.1, 0.15) is 5.25 Å². The molecule has 2 heterocycles. The monoisotopic (exact) mass is 220 g/mol. The molecule has 0 aliphatic carbocycles. The molecule has 1 fully saturated rings. The highest BCUT2D eigenvalue weighted by atomic mass is 32.2. The van der Waals surface area contributed by atoms with E-state index in [-0.39, 0.29) is 16.6 Å². The van der Waals surface area contributed by atoms with E-state index in [1.54, 1.807) is 0 Å². The fraction of sp³-hybridized carbons (Fsp3) is 0.200. The maximum Gasteiger partial charge on any atom is 0.285 e. The predicted octanol–water partition coefficient (Wildman–Crippen LogP) is 1.90. The Balaban J connectivity index is 1.90. The Morgan fingerprint density at radius 1 is 1.33 bits per heavy atom. The first-order valence-corrected chi connectivity index (χ1v) is 5.49. The minimum atomic E-state index is -0.148. The molecule has 2 aliphatic heterocycles. The summed E-state index contributed by atoms with van der Waals surface area (Å²) in [6.45, 7) is 0.